The molecule has 0 aliphatic carbocycles. The van der Waals surface area contributed by atoms with E-state index in [0.717, 1.165) is 78.6 Å². The van der Waals surface area contributed by atoms with E-state index in [1.54, 1.807) is 0 Å². The van der Waals surface area contributed by atoms with Crippen LogP contribution in [0.3, 0.4) is 0 Å². The number of benzene rings is 11. The van der Waals surface area contributed by atoms with Gasteiger partial charge >= 0.3 is 6.85 Å². The first-order chi connectivity index (χ1) is 35.8. The summed E-state index contributed by atoms with van der Waals surface area (Å²) in [4.78, 5) is 7.47. The second-order valence-electron chi connectivity index (χ2n) is 20.5. The predicted molar refractivity (Wildman–Crippen MR) is 309 cm³/mol. The van der Waals surface area contributed by atoms with Gasteiger partial charge in [0.15, 0.2) is 0 Å². The number of fused-ring (bicyclic) bond motifs is 8. The van der Waals surface area contributed by atoms with E-state index in [-0.39, 0.29) is 12.3 Å². The van der Waals surface area contributed by atoms with Crippen molar-refractivity contribution in [2.24, 2.45) is 0 Å². The third-order valence-electron chi connectivity index (χ3n) is 15.1. The Morgan fingerprint density at radius 1 is 0.397 bits per heavy atom. The van der Waals surface area contributed by atoms with Gasteiger partial charge in [0.2, 0.25) is 5.88 Å². The molecule has 2 aliphatic rings. The molecule has 0 bridgehead atoms. The Morgan fingerprint density at radius 2 is 0.945 bits per heavy atom. The molecular weight excluding hydrogens is 886 g/mol. The largest absolute Gasteiger partial charge is 0.440 e. The van der Waals surface area contributed by atoms with Gasteiger partial charge in [-0.3, -0.25) is 4.90 Å². The van der Waals surface area contributed by atoms with Gasteiger partial charge in [-0.2, -0.15) is 0 Å². The van der Waals surface area contributed by atoms with Crippen molar-refractivity contribution in [2.75, 3.05) is 14.6 Å². The van der Waals surface area contributed by atoms with Crippen LogP contribution in [0.5, 0.6) is 0 Å². The summed E-state index contributed by atoms with van der Waals surface area (Å²) in [6.45, 7) is 6.61. The van der Waals surface area contributed by atoms with E-state index >= 15 is 0 Å². The van der Waals surface area contributed by atoms with Crippen LogP contribution in [0.25, 0.3) is 65.9 Å². The first-order valence-electron chi connectivity index (χ1n) is 25.4. The maximum Gasteiger partial charge on any atom is 0.337 e. The first-order valence-corrected chi connectivity index (χ1v) is 25.4. The Bertz CT molecular complexity index is 4030. The molecule has 0 saturated carbocycles. The Hall–Kier alpha value is -9.06. The summed E-state index contributed by atoms with van der Waals surface area (Å²) >= 11 is 0. The number of nitrogens with zero attached hydrogens (tertiary/aromatic N) is 3. The molecule has 0 N–H and O–H groups in total. The number of para-hydroxylation sites is 2. The van der Waals surface area contributed by atoms with Crippen molar-refractivity contribution in [2.45, 2.75) is 26.2 Å². The van der Waals surface area contributed by atoms with Crippen LogP contribution in [0, 0.1) is 0 Å². The molecular formula is C68H50BN3O. The molecule has 0 spiro atoms. The Kier molecular flexibility index (Phi) is 9.84. The van der Waals surface area contributed by atoms with Crippen LogP contribution >= 0.6 is 0 Å². The molecule has 3 heterocycles. The molecule has 5 heteroatoms. The van der Waals surface area contributed by atoms with Crippen molar-refractivity contribution in [3.8, 4) is 33.4 Å². The van der Waals surface area contributed by atoms with Crippen LogP contribution in [0.15, 0.2) is 253 Å². The molecule has 1 aromatic heterocycles. The zero-order valence-corrected chi connectivity index (χ0v) is 41.0. The molecule has 346 valence electrons. The summed E-state index contributed by atoms with van der Waals surface area (Å²) in [5.41, 5.74) is 19.0. The zero-order chi connectivity index (χ0) is 48.8. The lowest BCUT2D eigenvalue weighted by Gasteiger charge is -2.45. The highest BCUT2D eigenvalue weighted by molar-refractivity contribution is 6.95. The number of hydrogen-bond donors (Lipinski definition) is 0. The average Bonchev–Trinajstić information content (AvgIpc) is 3.81. The molecule has 73 heavy (non-hydrogen) atoms. The number of anilines is 8. The topological polar surface area (TPSA) is 22.9 Å². The highest BCUT2D eigenvalue weighted by Gasteiger charge is 2.49. The molecule has 11 aromatic carbocycles. The molecule has 0 atom stereocenters. The molecule has 0 saturated heterocycles. The summed E-state index contributed by atoms with van der Waals surface area (Å²) in [7, 11) is 0. The SMILES string of the molecule is CC(C)(C)c1ccc(N2c3cc(N(c4ccccc4)c4ccccc4)cc4c3B(c3c2oc2cc5ccccc5cc32)N(c2ccc(-c3ccccc3)cc2)c2cc3ccccc3cc2-4)c(-c2ccccc2)c1. The lowest BCUT2D eigenvalue weighted by molar-refractivity contribution is 0.590. The summed E-state index contributed by atoms with van der Waals surface area (Å²) in [6.07, 6.45) is 0. The van der Waals surface area contributed by atoms with E-state index in [9.17, 15) is 0 Å². The number of hydrogen-bond acceptors (Lipinski definition) is 4. The molecule has 0 amide bonds. The van der Waals surface area contributed by atoms with Crippen LogP contribution in [0.2, 0.25) is 0 Å². The van der Waals surface area contributed by atoms with E-state index in [2.05, 4.69) is 284 Å². The minimum atomic E-state index is -0.292. The van der Waals surface area contributed by atoms with E-state index < -0.39 is 0 Å². The second kappa shape index (κ2) is 16.8. The lowest BCUT2D eigenvalue weighted by atomic mass is 9.43. The van der Waals surface area contributed by atoms with E-state index in [1.165, 1.54) is 49.4 Å². The molecule has 0 fully saturated rings. The third kappa shape index (κ3) is 7.06. The zero-order valence-electron chi connectivity index (χ0n) is 41.0. The van der Waals surface area contributed by atoms with Crippen molar-refractivity contribution in [3.63, 3.8) is 0 Å². The highest BCUT2D eigenvalue weighted by atomic mass is 16.4. The molecule has 12 aromatic rings. The average molecular weight is 936 g/mol. The van der Waals surface area contributed by atoms with Gasteiger partial charge in [0, 0.05) is 56.1 Å². The molecule has 0 radical (unpaired) electrons. The Balaban J connectivity index is 1.15. The van der Waals surface area contributed by atoms with Crippen molar-refractivity contribution in [1.82, 2.24) is 0 Å². The highest BCUT2D eigenvalue weighted by Crippen LogP contribution is 2.53. The molecule has 2 aliphatic heterocycles. The predicted octanol–water partition coefficient (Wildman–Crippen LogP) is 17.5. The standard InChI is InChI=1S/C68H50BN3O/c1-68(2,3)52-34-37-61(57(42-52)47-22-10-5-11-23-47)71-63-44-56(70(53-28-12-6-13-29-53)54-30-14-7-15-31-54)43-59-58-38-48-24-16-18-26-50(48)40-62(58)72(55-35-32-46(33-36-55)45-20-8-4-9-21-45)69(65(59)63)66-60-39-49-25-17-19-27-51(49)41-64(60)73-67(66)71/h4-44H,1-3H3. The van der Waals surface area contributed by atoms with Gasteiger partial charge < -0.3 is 14.1 Å². The van der Waals surface area contributed by atoms with Gasteiger partial charge in [-0.1, -0.05) is 185 Å². The molecule has 14 rings (SSSR count). The lowest BCUT2D eigenvalue weighted by Crippen LogP contribution is -2.61. The smallest absolute Gasteiger partial charge is 0.337 e. The van der Waals surface area contributed by atoms with Crippen molar-refractivity contribution in [3.05, 3.63) is 254 Å². The van der Waals surface area contributed by atoms with E-state index in [0.29, 0.717) is 0 Å². The van der Waals surface area contributed by atoms with Crippen LogP contribution in [0.1, 0.15) is 26.3 Å². The monoisotopic (exact) mass is 935 g/mol. The minimum Gasteiger partial charge on any atom is -0.440 e. The summed E-state index contributed by atoms with van der Waals surface area (Å²) in [5.74, 6) is 0.813. The second-order valence-corrected chi connectivity index (χ2v) is 20.5. The minimum absolute atomic E-state index is 0.0896. The van der Waals surface area contributed by atoms with Crippen LogP contribution < -0.4 is 25.5 Å². The quantitative estimate of drug-likeness (QED) is 0.149. The Morgan fingerprint density at radius 3 is 1.58 bits per heavy atom. The first kappa shape index (κ1) is 42.8. The summed E-state index contributed by atoms with van der Waals surface area (Å²) in [6, 6.07) is 91.2. The van der Waals surface area contributed by atoms with Crippen molar-refractivity contribution in [1.29, 1.82) is 0 Å². The van der Waals surface area contributed by atoms with Crippen molar-refractivity contribution < 1.29 is 4.42 Å². The maximum absolute atomic E-state index is 7.58. The van der Waals surface area contributed by atoms with E-state index in [1.807, 2.05) is 0 Å². The van der Waals surface area contributed by atoms with Gasteiger partial charge in [-0.15, -0.1) is 0 Å². The normalized spacial score (nSPS) is 12.8. The van der Waals surface area contributed by atoms with Crippen LogP contribution in [0.4, 0.5) is 45.7 Å². The maximum atomic E-state index is 7.58. The third-order valence-corrected chi connectivity index (χ3v) is 15.1. The fourth-order valence-corrected chi connectivity index (χ4v) is 11.6. The summed E-state index contributed by atoms with van der Waals surface area (Å²) < 4.78 is 7.58. The molecule has 4 nitrogen and oxygen atoms in total. The van der Waals surface area contributed by atoms with Gasteiger partial charge in [0.1, 0.15) is 5.58 Å². The molecule has 0 unspecified atom stereocenters. The van der Waals surface area contributed by atoms with Gasteiger partial charge in [-0.25, -0.2) is 0 Å². The van der Waals surface area contributed by atoms with Crippen molar-refractivity contribution >= 4 is 96.0 Å². The van der Waals surface area contributed by atoms with Gasteiger partial charge in [-0.05, 0) is 145 Å². The van der Waals surface area contributed by atoms with Gasteiger partial charge in [0.25, 0.3) is 0 Å². The summed E-state index contributed by atoms with van der Waals surface area (Å²) in [5, 5.41) is 5.80. The number of rotatable bonds is 7. The van der Waals surface area contributed by atoms with Crippen LogP contribution in [-0.2, 0) is 5.41 Å². The fraction of sp³-hybridized carbons (Fsp3) is 0.0588. The number of furan rings is 1. The van der Waals surface area contributed by atoms with Crippen LogP contribution in [-0.4, -0.2) is 6.85 Å². The Labute approximate surface area is 426 Å². The fourth-order valence-electron chi connectivity index (χ4n) is 11.6. The van der Waals surface area contributed by atoms with E-state index in [4.69, 9.17) is 4.42 Å². The van der Waals surface area contributed by atoms with Gasteiger partial charge in [0.05, 0.1) is 5.69 Å².